The molecule has 1 heterocycles. The highest BCUT2D eigenvalue weighted by Crippen LogP contribution is 2.45. The molecule has 3 nitrogen and oxygen atoms in total. The smallest absolute Gasteiger partial charge is 0.111 e. The van der Waals surface area contributed by atoms with Crippen molar-refractivity contribution in [2.24, 2.45) is 5.92 Å². The highest BCUT2D eigenvalue weighted by Gasteiger charge is 2.43. The van der Waals surface area contributed by atoms with E-state index in [2.05, 4.69) is 31.2 Å². The lowest BCUT2D eigenvalue weighted by atomic mass is 9.72. The average Bonchev–Trinajstić information content (AvgIpc) is 2.61. The van der Waals surface area contributed by atoms with Gasteiger partial charge in [0, 0.05) is 11.9 Å². The molecule has 3 rings (SSSR count). The van der Waals surface area contributed by atoms with Crippen molar-refractivity contribution in [3.8, 4) is 0 Å². The minimum atomic E-state index is -1.07. The second-order valence-electron chi connectivity index (χ2n) is 7.24. The summed E-state index contributed by atoms with van der Waals surface area (Å²) in [6, 6.07) is 20.3. The summed E-state index contributed by atoms with van der Waals surface area (Å²) < 4.78 is 6.26. The number of carboxylic acid groups (broad SMARTS) is 1. The van der Waals surface area contributed by atoms with Crippen molar-refractivity contribution in [3.05, 3.63) is 83.6 Å². The van der Waals surface area contributed by atoms with E-state index in [9.17, 15) is 9.90 Å². The molecule has 0 N–H and O–H groups in total. The Morgan fingerprint density at radius 1 is 1.04 bits per heavy atom. The molecule has 0 saturated carbocycles. The zero-order chi connectivity index (χ0) is 18.1. The number of allylic oxidation sites excluding steroid dienone is 2. The summed E-state index contributed by atoms with van der Waals surface area (Å²) in [5.74, 6) is -0.944. The van der Waals surface area contributed by atoms with Crippen LogP contribution in [0.3, 0.4) is 0 Å². The summed E-state index contributed by atoms with van der Waals surface area (Å²) in [5, 5.41) is 11.4. The van der Waals surface area contributed by atoms with Crippen LogP contribution in [0.2, 0.25) is 0 Å². The molecule has 0 aliphatic carbocycles. The third-order valence-electron chi connectivity index (χ3n) is 5.23. The van der Waals surface area contributed by atoms with E-state index < -0.39 is 22.9 Å². The molecule has 1 aliphatic heterocycles. The summed E-state index contributed by atoms with van der Waals surface area (Å²) in [6.07, 6.45) is 2.31. The zero-order valence-corrected chi connectivity index (χ0v) is 14.9. The van der Waals surface area contributed by atoms with Crippen molar-refractivity contribution >= 4 is 5.97 Å². The lowest BCUT2D eigenvalue weighted by molar-refractivity contribution is -0.317. The third kappa shape index (κ3) is 3.07. The van der Waals surface area contributed by atoms with Crippen LogP contribution in [0, 0.1) is 5.92 Å². The Balaban J connectivity index is 2.13. The van der Waals surface area contributed by atoms with Gasteiger partial charge in [0.05, 0.1) is 5.41 Å². The van der Waals surface area contributed by atoms with Crippen LogP contribution in [-0.2, 0) is 14.9 Å². The number of carbonyl (C=O) groups excluding carboxylic acids is 1. The zero-order valence-electron chi connectivity index (χ0n) is 14.9. The summed E-state index contributed by atoms with van der Waals surface area (Å²) in [6.45, 7) is 5.76. The van der Waals surface area contributed by atoms with Crippen LogP contribution in [-0.4, -0.2) is 11.6 Å². The van der Waals surface area contributed by atoms with Gasteiger partial charge in [-0.2, -0.15) is 0 Å². The Morgan fingerprint density at radius 3 is 1.92 bits per heavy atom. The van der Waals surface area contributed by atoms with Gasteiger partial charge in [-0.15, -0.1) is 0 Å². The molecule has 2 aromatic rings. The van der Waals surface area contributed by atoms with Crippen molar-refractivity contribution in [2.45, 2.75) is 38.2 Å². The molecule has 1 atom stereocenters. The number of carbonyl (C=O) groups is 1. The molecule has 130 valence electrons. The van der Waals surface area contributed by atoms with Gasteiger partial charge in [-0.3, -0.25) is 0 Å². The fourth-order valence-electron chi connectivity index (χ4n) is 3.59. The first-order valence-electron chi connectivity index (χ1n) is 8.57. The highest BCUT2D eigenvalue weighted by atomic mass is 16.5. The van der Waals surface area contributed by atoms with Crippen molar-refractivity contribution in [1.29, 1.82) is 0 Å². The summed E-state index contributed by atoms with van der Waals surface area (Å²) in [7, 11) is 0. The van der Waals surface area contributed by atoms with Crippen molar-refractivity contribution in [1.82, 2.24) is 0 Å². The number of aliphatic carboxylic acids is 1. The maximum Gasteiger partial charge on any atom is 0.111 e. The molecule has 0 radical (unpaired) electrons. The average molecular weight is 335 g/mol. The van der Waals surface area contributed by atoms with Gasteiger partial charge < -0.3 is 14.6 Å². The predicted octanol–water partition coefficient (Wildman–Crippen LogP) is 3.44. The third-order valence-corrected chi connectivity index (χ3v) is 5.23. The van der Waals surface area contributed by atoms with E-state index in [1.807, 2.05) is 56.3 Å². The molecular weight excluding hydrogens is 312 g/mol. The maximum absolute atomic E-state index is 11.4. The molecule has 0 amide bonds. The Hall–Kier alpha value is -2.55. The second kappa shape index (κ2) is 6.40. The number of benzene rings is 2. The quantitative estimate of drug-likeness (QED) is 0.860. The minimum Gasteiger partial charge on any atom is -0.550 e. The number of rotatable bonds is 4. The number of carboxylic acids is 1. The van der Waals surface area contributed by atoms with Crippen molar-refractivity contribution in [3.63, 3.8) is 0 Å². The Labute approximate surface area is 149 Å². The molecule has 0 saturated heterocycles. The van der Waals surface area contributed by atoms with Gasteiger partial charge in [0.1, 0.15) is 11.4 Å². The largest absolute Gasteiger partial charge is 0.550 e. The fraction of sp³-hybridized carbons (Fsp3) is 0.318. The van der Waals surface area contributed by atoms with E-state index in [1.54, 1.807) is 0 Å². The van der Waals surface area contributed by atoms with E-state index in [0.717, 1.165) is 16.9 Å². The van der Waals surface area contributed by atoms with Crippen molar-refractivity contribution in [2.75, 3.05) is 0 Å². The highest BCUT2D eigenvalue weighted by molar-refractivity contribution is 5.70. The molecule has 0 bridgehead atoms. The van der Waals surface area contributed by atoms with E-state index in [4.69, 9.17) is 4.74 Å². The molecule has 1 aliphatic rings. The van der Waals surface area contributed by atoms with Crippen LogP contribution >= 0.6 is 0 Å². The SMILES string of the molecule is CC(C1=CC[C@H](C(=O)[O-])C(C)(C)O1)(c1ccccc1)c1ccccc1. The van der Waals surface area contributed by atoms with Gasteiger partial charge in [0.15, 0.2) is 0 Å². The van der Waals surface area contributed by atoms with Gasteiger partial charge in [0.2, 0.25) is 0 Å². The van der Waals surface area contributed by atoms with Crippen molar-refractivity contribution < 1.29 is 14.6 Å². The monoisotopic (exact) mass is 335 g/mol. The Bertz CT molecular complexity index is 736. The number of hydrogen-bond acceptors (Lipinski definition) is 3. The van der Waals surface area contributed by atoms with Gasteiger partial charge in [-0.05, 0) is 44.4 Å². The van der Waals surface area contributed by atoms with Crippen LogP contribution < -0.4 is 5.11 Å². The first-order valence-corrected chi connectivity index (χ1v) is 8.57. The standard InChI is InChI=1S/C22H24O3/c1-21(2)18(20(23)24)14-15-19(25-21)22(3,16-10-6-4-7-11-16)17-12-8-5-9-13-17/h4-13,15,18H,14H2,1-3H3,(H,23,24)/p-1/t18-/m1/s1. The van der Waals surface area contributed by atoms with Crippen LogP contribution in [0.5, 0.6) is 0 Å². The van der Waals surface area contributed by atoms with Crippen LogP contribution in [0.25, 0.3) is 0 Å². The summed E-state index contributed by atoms with van der Waals surface area (Å²) in [4.78, 5) is 11.4. The first kappa shape index (κ1) is 17.3. The normalized spacial score (nSPS) is 19.6. The van der Waals surface area contributed by atoms with Crippen LogP contribution in [0.1, 0.15) is 38.3 Å². The number of ether oxygens (including phenoxy) is 1. The molecule has 25 heavy (non-hydrogen) atoms. The van der Waals surface area contributed by atoms with Gasteiger partial charge in [0.25, 0.3) is 0 Å². The molecule has 2 aromatic carbocycles. The van der Waals surface area contributed by atoms with Gasteiger partial charge >= 0.3 is 0 Å². The van der Waals surface area contributed by atoms with Crippen LogP contribution in [0.4, 0.5) is 0 Å². The van der Waals surface area contributed by atoms with E-state index >= 15 is 0 Å². The topological polar surface area (TPSA) is 49.4 Å². The molecule has 3 heteroatoms. The van der Waals surface area contributed by atoms with Gasteiger partial charge in [-0.1, -0.05) is 60.7 Å². The molecule has 0 aromatic heterocycles. The molecule has 0 unspecified atom stereocenters. The maximum atomic E-state index is 11.4. The predicted molar refractivity (Wildman–Crippen MR) is 95.7 cm³/mol. The summed E-state index contributed by atoms with van der Waals surface area (Å²) >= 11 is 0. The Kier molecular flexibility index (Phi) is 4.42. The Morgan fingerprint density at radius 2 is 1.52 bits per heavy atom. The summed E-state index contributed by atoms with van der Waals surface area (Å²) in [5.41, 5.74) is 0.898. The fourth-order valence-corrected chi connectivity index (χ4v) is 3.59. The van der Waals surface area contributed by atoms with E-state index in [1.165, 1.54) is 0 Å². The first-order chi connectivity index (χ1) is 11.9. The van der Waals surface area contributed by atoms with E-state index in [-0.39, 0.29) is 0 Å². The van der Waals surface area contributed by atoms with Crippen LogP contribution in [0.15, 0.2) is 72.5 Å². The minimum absolute atomic E-state index is 0.403. The number of hydrogen-bond donors (Lipinski definition) is 0. The van der Waals surface area contributed by atoms with Gasteiger partial charge in [-0.25, -0.2) is 0 Å². The lowest BCUT2D eigenvalue weighted by Gasteiger charge is -2.45. The molecule has 0 spiro atoms. The lowest BCUT2D eigenvalue weighted by Crippen LogP contribution is -2.49. The molecule has 0 fully saturated rings. The molecular formula is C22H23O3-. The second-order valence-corrected chi connectivity index (χ2v) is 7.24. The van der Waals surface area contributed by atoms with E-state index in [0.29, 0.717) is 6.42 Å².